The molecule has 2 aliphatic heterocycles. The number of likely N-dealkylation sites (tertiary alicyclic amines) is 1. The van der Waals surface area contributed by atoms with Crippen molar-refractivity contribution >= 4 is 11.9 Å². The quantitative estimate of drug-likeness (QED) is 0.858. The number of ether oxygens (including phenoxy) is 1. The van der Waals surface area contributed by atoms with Gasteiger partial charge in [0.1, 0.15) is 5.75 Å². The van der Waals surface area contributed by atoms with Crippen LogP contribution in [0.1, 0.15) is 60.9 Å². The standard InChI is InChI=1S/C21H29N3O3/c25-20(16-6-7-19-15(14-16)10-13-27-19)22-18-8-11-24(12-9-18)21(26)23-17-4-2-1-3-5-17/h6-7,14,17-18H,1-5,8-13H2,(H,22,25)(H,23,26). The van der Waals surface area contributed by atoms with Crippen molar-refractivity contribution in [2.45, 2.75) is 63.5 Å². The minimum Gasteiger partial charge on any atom is -0.493 e. The zero-order valence-electron chi connectivity index (χ0n) is 15.8. The summed E-state index contributed by atoms with van der Waals surface area (Å²) in [7, 11) is 0. The summed E-state index contributed by atoms with van der Waals surface area (Å²) in [5, 5.41) is 6.31. The molecular weight excluding hydrogens is 342 g/mol. The molecule has 3 amide bonds. The SMILES string of the molecule is O=C(NC1CCN(C(=O)NC2CCCCC2)CC1)c1ccc2c(c1)CCO2. The largest absolute Gasteiger partial charge is 0.493 e. The highest BCUT2D eigenvalue weighted by molar-refractivity contribution is 5.94. The molecule has 1 aromatic carbocycles. The first-order valence-corrected chi connectivity index (χ1v) is 10.3. The van der Waals surface area contributed by atoms with Gasteiger partial charge in [0.2, 0.25) is 0 Å². The van der Waals surface area contributed by atoms with Gasteiger partial charge < -0.3 is 20.3 Å². The molecule has 6 heteroatoms. The topological polar surface area (TPSA) is 70.7 Å². The maximum absolute atomic E-state index is 12.5. The fraction of sp³-hybridized carbons (Fsp3) is 0.619. The number of urea groups is 1. The number of hydrogen-bond donors (Lipinski definition) is 2. The van der Waals surface area contributed by atoms with Gasteiger partial charge in [0.05, 0.1) is 6.61 Å². The Bertz CT molecular complexity index is 692. The van der Waals surface area contributed by atoms with Crippen molar-refractivity contribution in [3.05, 3.63) is 29.3 Å². The number of nitrogens with one attached hydrogen (secondary N) is 2. The van der Waals surface area contributed by atoms with Crippen LogP contribution in [0.5, 0.6) is 5.75 Å². The molecule has 3 aliphatic rings. The van der Waals surface area contributed by atoms with Gasteiger partial charge in [-0.15, -0.1) is 0 Å². The molecule has 2 heterocycles. The number of carbonyl (C=O) groups excluding carboxylic acids is 2. The van der Waals surface area contributed by atoms with E-state index in [0.29, 0.717) is 31.3 Å². The summed E-state index contributed by atoms with van der Waals surface area (Å²) < 4.78 is 5.50. The van der Waals surface area contributed by atoms with Crippen LogP contribution in [-0.2, 0) is 6.42 Å². The van der Waals surface area contributed by atoms with E-state index < -0.39 is 0 Å². The first kappa shape index (κ1) is 18.1. The predicted molar refractivity (Wildman–Crippen MR) is 103 cm³/mol. The highest BCUT2D eigenvalue weighted by Crippen LogP contribution is 2.26. The van der Waals surface area contributed by atoms with Crippen molar-refractivity contribution < 1.29 is 14.3 Å². The van der Waals surface area contributed by atoms with E-state index >= 15 is 0 Å². The van der Waals surface area contributed by atoms with Crippen LogP contribution in [0.4, 0.5) is 4.79 Å². The summed E-state index contributed by atoms with van der Waals surface area (Å²) in [5.41, 5.74) is 1.80. The molecule has 0 unspecified atom stereocenters. The van der Waals surface area contributed by atoms with Gasteiger partial charge in [0.25, 0.3) is 5.91 Å². The summed E-state index contributed by atoms with van der Waals surface area (Å²) >= 11 is 0. The smallest absolute Gasteiger partial charge is 0.317 e. The molecule has 0 radical (unpaired) electrons. The van der Waals surface area contributed by atoms with E-state index in [0.717, 1.165) is 43.4 Å². The van der Waals surface area contributed by atoms with E-state index in [1.807, 2.05) is 23.1 Å². The number of rotatable bonds is 3. The van der Waals surface area contributed by atoms with E-state index in [2.05, 4.69) is 10.6 Å². The third-order valence-electron chi connectivity index (χ3n) is 6.00. The molecule has 0 spiro atoms. The minimum atomic E-state index is -0.0326. The van der Waals surface area contributed by atoms with Gasteiger partial charge in [-0.2, -0.15) is 0 Å². The van der Waals surface area contributed by atoms with Crippen molar-refractivity contribution in [2.24, 2.45) is 0 Å². The molecule has 6 nitrogen and oxygen atoms in total. The number of carbonyl (C=O) groups is 2. The van der Waals surface area contributed by atoms with Crippen LogP contribution in [0.3, 0.4) is 0 Å². The average molecular weight is 371 g/mol. The van der Waals surface area contributed by atoms with Gasteiger partial charge in [0, 0.05) is 37.2 Å². The molecule has 1 aliphatic carbocycles. The lowest BCUT2D eigenvalue weighted by atomic mass is 9.95. The summed E-state index contributed by atoms with van der Waals surface area (Å²) in [6.07, 6.45) is 8.39. The molecule has 27 heavy (non-hydrogen) atoms. The number of fused-ring (bicyclic) bond motifs is 1. The Labute approximate surface area is 160 Å². The number of benzene rings is 1. The minimum absolute atomic E-state index is 0.0326. The Balaban J connectivity index is 1.24. The molecule has 1 saturated carbocycles. The third-order valence-corrected chi connectivity index (χ3v) is 6.00. The summed E-state index contributed by atoms with van der Waals surface area (Å²) in [5.74, 6) is 0.860. The van der Waals surface area contributed by atoms with Crippen molar-refractivity contribution in [2.75, 3.05) is 19.7 Å². The van der Waals surface area contributed by atoms with Crippen molar-refractivity contribution in [1.29, 1.82) is 0 Å². The highest BCUT2D eigenvalue weighted by Gasteiger charge is 2.26. The van der Waals surface area contributed by atoms with Crippen molar-refractivity contribution in [3.8, 4) is 5.75 Å². The number of nitrogens with zero attached hydrogens (tertiary/aromatic N) is 1. The molecule has 146 valence electrons. The van der Waals surface area contributed by atoms with Crippen LogP contribution in [0, 0.1) is 0 Å². The second-order valence-electron chi connectivity index (χ2n) is 7.94. The second kappa shape index (κ2) is 8.19. The lowest BCUT2D eigenvalue weighted by molar-refractivity contribution is 0.0917. The Kier molecular flexibility index (Phi) is 5.50. The van der Waals surface area contributed by atoms with Gasteiger partial charge in [-0.3, -0.25) is 4.79 Å². The first-order valence-electron chi connectivity index (χ1n) is 10.3. The van der Waals surface area contributed by atoms with E-state index in [4.69, 9.17) is 4.74 Å². The number of amides is 3. The predicted octanol–water partition coefficient (Wildman–Crippen LogP) is 2.86. The Hall–Kier alpha value is -2.24. The molecule has 2 fully saturated rings. The Morgan fingerprint density at radius 2 is 1.70 bits per heavy atom. The van der Waals surface area contributed by atoms with Gasteiger partial charge in [0.15, 0.2) is 0 Å². The molecular formula is C21H29N3O3. The zero-order chi connectivity index (χ0) is 18.6. The summed E-state index contributed by atoms with van der Waals surface area (Å²) in [6, 6.07) is 6.17. The van der Waals surface area contributed by atoms with Crippen LogP contribution >= 0.6 is 0 Å². The molecule has 4 rings (SSSR count). The van der Waals surface area contributed by atoms with Crippen LogP contribution in [-0.4, -0.2) is 48.6 Å². The van der Waals surface area contributed by atoms with E-state index in [-0.39, 0.29) is 18.0 Å². The molecule has 0 atom stereocenters. The van der Waals surface area contributed by atoms with E-state index in [1.165, 1.54) is 19.3 Å². The molecule has 1 saturated heterocycles. The maximum atomic E-state index is 12.5. The van der Waals surface area contributed by atoms with Gasteiger partial charge in [-0.25, -0.2) is 4.79 Å². The molecule has 0 aromatic heterocycles. The molecule has 0 bridgehead atoms. The number of hydrogen-bond acceptors (Lipinski definition) is 3. The summed E-state index contributed by atoms with van der Waals surface area (Å²) in [4.78, 5) is 26.9. The maximum Gasteiger partial charge on any atom is 0.317 e. The fourth-order valence-corrected chi connectivity index (χ4v) is 4.34. The van der Waals surface area contributed by atoms with Crippen LogP contribution in [0.15, 0.2) is 18.2 Å². The van der Waals surface area contributed by atoms with Crippen LogP contribution in [0.2, 0.25) is 0 Å². The number of piperidine rings is 1. The van der Waals surface area contributed by atoms with Gasteiger partial charge in [-0.05, 0) is 49.4 Å². The lowest BCUT2D eigenvalue weighted by Gasteiger charge is -2.34. The van der Waals surface area contributed by atoms with Crippen molar-refractivity contribution in [1.82, 2.24) is 15.5 Å². The van der Waals surface area contributed by atoms with E-state index in [1.54, 1.807) is 0 Å². The first-order chi connectivity index (χ1) is 13.2. The summed E-state index contributed by atoms with van der Waals surface area (Å²) in [6.45, 7) is 2.09. The second-order valence-corrected chi connectivity index (χ2v) is 7.94. The van der Waals surface area contributed by atoms with Crippen LogP contribution in [0.25, 0.3) is 0 Å². The van der Waals surface area contributed by atoms with Gasteiger partial charge >= 0.3 is 6.03 Å². The zero-order valence-corrected chi connectivity index (χ0v) is 15.8. The Morgan fingerprint density at radius 3 is 2.48 bits per heavy atom. The molecule has 1 aromatic rings. The third kappa shape index (κ3) is 4.37. The fourth-order valence-electron chi connectivity index (χ4n) is 4.34. The highest BCUT2D eigenvalue weighted by atomic mass is 16.5. The Morgan fingerprint density at radius 1 is 0.963 bits per heavy atom. The van der Waals surface area contributed by atoms with E-state index in [9.17, 15) is 9.59 Å². The van der Waals surface area contributed by atoms with Gasteiger partial charge in [-0.1, -0.05) is 19.3 Å². The normalized spacial score (nSPS) is 20.7. The lowest BCUT2D eigenvalue weighted by Crippen LogP contribution is -2.51. The van der Waals surface area contributed by atoms with Crippen LogP contribution < -0.4 is 15.4 Å². The average Bonchev–Trinajstić information content (AvgIpc) is 3.17. The molecule has 2 N–H and O–H groups in total. The monoisotopic (exact) mass is 371 g/mol. The van der Waals surface area contributed by atoms with Crippen molar-refractivity contribution in [3.63, 3.8) is 0 Å².